The lowest BCUT2D eigenvalue weighted by molar-refractivity contribution is -0.481. The van der Waals surface area contributed by atoms with Gasteiger partial charge in [-0.3, -0.25) is 10.1 Å². The summed E-state index contributed by atoms with van der Waals surface area (Å²) in [6, 6.07) is 9.64. The van der Waals surface area contributed by atoms with Gasteiger partial charge >= 0.3 is 0 Å². The molecule has 3 aromatic rings. The maximum atomic E-state index is 11.1. The maximum Gasteiger partial charge on any atom is 0.223 e. The molecule has 0 fully saturated rings. The van der Waals surface area contributed by atoms with Crippen LogP contribution in [-0.2, 0) is 0 Å². The summed E-state index contributed by atoms with van der Waals surface area (Å²) in [7, 11) is 0. The van der Waals surface area contributed by atoms with E-state index in [2.05, 4.69) is 9.97 Å². The van der Waals surface area contributed by atoms with E-state index in [1.54, 1.807) is 0 Å². The largest absolute Gasteiger partial charge is 0.383 e. The van der Waals surface area contributed by atoms with E-state index in [0.29, 0.717) is 5.56 Å². The molecule has 9 heteroatoms. The number of nitro groups is 1. The third-order valence-electron chi connectivity index (χ3n) is 3.49. The zero-order chi connectivity index (χ0) is 16.6. The van der Waals surface area contributed by atoms with E-state index >= 15 is 0 Å². The Morgan fingerprint density at radius 2 is 1.83 bits per heavy atom. The first-order chi connectivity index (χ1) is 11.0. The second-order valence-electron chi connectivity index (χ2n) is 5.02. The van der Waals surface area contributed by atoms with Crippen molar-refractivity contribution in [3.8, 4) is 0 Å². The Morgan fingerprint density at radius 1 is 1.17 bits per heavy atom. The number of thiophene rings is 1. The highest BCUT2D eigenvalue weighted by Crippen LogP contribution is 2.38. The van der Waals surface area contributed by atoms with Gasteiger partial charge in [-0.25, -0.2) is 0 Å². The molecule has 1 aromatic carbocycles. The number of rotatable bonds is 4. The standard InChI is InChI=1S/C14H14N6O2S/c15-12-11(13(16)19-14(17)18-12)8(6-20(21)22)10-5-7-3-1-2-4-9(7)23-10/h1-5,8H,6H2,(H6,15,16,17,18,19). The van der Waals surface area contributed by atoms with Gasteiger partial charge in [0.1, 0.15) is 11.6 Å². The van der Waals surface area contributed by atoms with Crippen LogP contribution in [0.3, 0.4) is 0 Å². The van der Waals surface area contributed by atoms with E-state index in [0.717, 1.165) is 15.0 Å². The second-order valence-corrected chi connectivity index (χ2v) is 6.14. The Kier molecular flexibility index (Phi) is 3.70. The van der Waals surface area contributed by atoms with Crippen LogP contribution in [0.15, 0.2) is 30.3 Å². The van der Waals surface area contributed by atoms with Crippen molar-refractivity contribution in [1.29, 1.82) is 0 Å². The molecule has 2 heterocycles. The first-order valence-corrected chi connectivity index (χ1v) is 7.56. The predicted molar refractivity (Wildman–Crippen MR) is 90.8 cm³/mol. The van der Waals surface area contributed by atoms with Crippen molar-refractivity contribution in [2.75, 3.05) is 23.7 Å². The Hall–Kier alpha value is -2.94. The number of hydrogen-bond acceptors (Lipinski definition) is 8. The van der Waals surface area contributed by atoms with Crippen LogP contribution in [-0.4, -0.2) is 21.4 Å². The molecule has 0 aliphatic heterocycles. The summed E-state index contributed by atoms with van der Waals surface area (Å²) in [5.41, 5.74) is 17.7. The van der Waals surface area contributed by atoms with Crippen molar-refractivity contribution in [1.82, 2.24) is 9.97 Å². The number of anilines is 3. The van der Waals surface area contributed by atoms with Crippen LogP contribution in [0, 0.1) is 10.1 Å². The summed E-state index contributed by atoms with van der Waals surface area (Å²) in [5, 5.41) is 12.1. The molecule has 0 amide bonds. The molecule has 1 atom stereocenters. The summed E-state index contributed by atoms with van der Waals surface area (Å²) in [6.07, 6.45) is 0. The van der Waals surface area contributed by atoms with Gasteiger partial charge in [-0.2, -0.15) is 9.97 Å². The molecule has 0 aliphatic rings. The van der Waals surface area contributed by atoms with Gasteiger partial charge in [-0.15, -0.1) is 11.3 Å². The molecule has 8 nitrogen and oxygen atoms in total. The third kappa shape index (κ3) is 2.86. The van der Waals surface area contributed by atoms with Gasteiger partial charge in [-0.05, 0) is 17.5 Å². The summed E-state index contributed by atoms with van der Waals surface area (Å²) in [4.78, 5) is 19.3. The van der Waals surface area contributed by atoms with Crippen LogP contribution in [0.25, 0.3) is 10.1 Å². The minimum absolute atomic E-state index is 0.0556. The number of aromatic nitrogens is 2. The normalized spacial score (nSPS) is 12.3. The van der Waals surface area contributed by atoms with Crippen molar-refractivity contribution >= 4 is 39.0 Å². The van der Waals surface area contributed by atoms with Crippen LogP contribution < -0.4 is 17.2 Å². The molecule has 0 saturated heterocycles. The molecule has 0 spiro atoms. The summed E-state index contributed by atoms with van der Waals surface area (Å²) < 4.78 is 1.03. The minimum Gasteiger partial charge on any atom is -0.383 e. The van der Waals surface area contributed by atoms with Crippen molar-refractivity contribution in [2.45, 2.75) is 5.92 Å². The number of fused-ring (bicyclic) bond motifs is 1. The highest BCUT2D eigenvalue weighted by atomic mass is 32.1. The smallest absolute Gasteiger partial charge is 0.223 e. The molecule has 0 bridgehead atoms. The van der Waals surface area contributed by atoms with E-state index in [-0.39, 0.29) is 24.1 Å². The molecule has 1 unspecified atom stereocenters. The van der Waals surface area contributed by atoms with Crippen LogP contribution in [0.4, 0.5) is 17.6 Å². The van der Waals surface area contributed by atoms with E-state index in [9.17, 15) is 10.1 Å². The van der Waals surface area contributed by atoms with Crippen LogP contribution in [0.5, 0.6) is 0 Å². The van der Waals surface area contributed by atoms with Gasteiger partial charge < -0.3 is 17.2 Å². The third-order valence-corrected chi connectivity index (χ3v) is 4.72. The van der Waals surface area contributed by atoms with E-state index in [1.807, 2.05) is 30.3 Å². The Morgan fingerprint density at radius 3 is 2.43 bits per heavy atom. The Bertz CT molecular complexity index is 838. The number of nitrogens with two attached hydrogens (primary N) is 3. The summed E-state index contributed by atoms with van der Waals surface area (Å²) in [5.74, 6) is -0.540. The average molecular weight is 330 g/mol. The molecule has 118 valence electrons. The molecule has 6 N–H and O–H groups in total. The lowest BCUT2D eigenvalue weighted by atomic mass is 9.97. The SMILES string of the molecule is Nc1nc(N)c(C(C[N+](=O)[O-])c2cc3ccccc3s2)c(N)n1. The Balaban J connectivity index is 2.17. The van der Waals surface area contributed by atoms with Crippen molar-refractivity contribution in [2.24, 2.45) is 0 Å². The minimum atomic E-state index is -0.622. The van der Waals surface area contributed by atoms with Crippen molar-refractivity contribution in [3.63, 3.8) is 0 Å². The highest BCUT2D eigenvalue weighted by Gasteiger charge is 2.28. The Labute approximate surface area is 135 Å². The predicted octanol–water partition coefficient (Wildman–Crippen LogP) is 1.85. The molecule has 23 heavy (non-hydrogen) atoms. The van der Waals surface area contributed by atoms with Gasteiger partial charge in [0.15, 0.2) is 0 Å². The zero-order valence-corrected chi connectivity index (χ0v) is 12.8. The van der Waals surface area contributed by atoms with E-state index < -0.39 is 10.8 Å². The molecule has 3 rings (SSSR count). The molecular weight excluding hydrogens is 316 g/mol. The van der Waals surface area contributed by atoms with Crippen molar-refractivity contribution in [3.05, 3.63) is 50.9 Å². The van der Waals surface area contributed by atoms with Gasteiger partial charge in [-0.1, -0.05) is 18.2 Å². The van der Waals surface area contributed by atoms with Crippen LogP contribution in [0.1, 0.15) is 16.4 Å². The van der Waals surface area contributed by atoms with Gasteiger partial charge in [0, 0.05) is 14.5 Å². The summed E-state index contributed by atoms with van der Waals surface area (Å²) in [6.45, 7) is -0.353. The molecule has 2 aromatic heterocycles. The summed E-state index contributed by atoms with van der Waals surface area (Å²) >= 11 is 1.46. The fourth-order valence-electron chi connectivity index (χ4n) is 2.53. The molecule has 0 saturated carbocycles. The van der Waals surface area contributed by atoms with Gasteiger partial charge in [0.05, 0.1) is 11.5 Å². The fraction of sp³-hybridized carbons (Fsp3) is 0.143. The maximum absolute atomic E-state index is 11.1. The highest BCUT2D eigenvalue weighted by molar-refractivity contribution is 7.19. The number of hydrogen-bond donors (Lipinski definition) is 3. The topological polar surface area (TPSA) is 147 Å². The second kappa shape index (κ2) is 5.69. The molecule has 0 aliphatic carbocycles. The van der Waals surface area contributed by atoms with Gasteiger partial charge in [0.25, 0.3) is 0 Å². The van der Waals surface area contributed by atoms with Crippen LogP contribution >= 0.6 is 11.3 Å². The quantitative estimate of drug-likeness (QED) is 0.488. The number of benzene rings is 1. The number of nitrogens with zero attached hydrogens (tertiary/aromatic N) is 3. The lowest BCUT2D eigenvalue weighted by Gasteiger charge is -2.15. The van der Waals surface area contributed by atoms with Gasteiger partial charge in [0.2, 0.25) is 12.5 Å². The monoisotopic (exact) mass is 330 g/mol. The fourth-order valence-corrected chi connectivity index (χ4v) is 3.69. The molecule has 0 radical (unpaired) electrons. The van der Waals surface area contributed by atoms with E-state index in [1.165, 1.54) is 11.3 Å². The van der Waals surface area contributed by atoms with Crippen LogP contribution in [0.2, 0.25) is 0 Å². The average Bonchev–Trinajstić information content (AvgIpc) is 2.88. The zero-order valence-electron chi connectivity index (χ0n) is 12.0. The number of nitrogen functional groups attached to an aromatic ring is 3. The first kappa shape index (κ1) is 15.0. The first-order valence-electron chi connectivity index (χ1n) is 6.74. The van der Waals surface area contributed by atoms with E-state index in [4.69, 9.17) is 17.2 Å². The van der Waals surface area contributed by atoms with Crippen molar-refractivity contribution < 1.29 is 4.92 Å². The lowest BCUT2D eigenvalue weighted by Crippen LogP contribution is -2.18. The molecular formula is C14H14N6O2S.